The Balaban J connectivity index is 1.94. The van der Waals surface area contributed by atoms with Crippen molar-refractivity contribution in [3.05, 3.63) is 34.1 Å². The van der Waals surface area contributed by atoms with Crippen molar-refractivity contribution in [2.24, 2.45) is 5.92 Å². The topological polar surface area (TPSA) is 48.7 Å². The van der Waals surface area contributed by atoms with Gasteiger partial charge in [0.25, 0.3) is 0 Å². The van der Waals surface area contributed by atoms with E-state index in [2.05, 4.69) is 38.4 Å². The molecule has 3 nitrogen and oxygen atoms in total. The Kier molecular flexibility index (Phi) is 3.19. The van der Waals surface area contributed by atoms with Crippen molar-refractivity contribution >= 4 is 21.5 Å². The zero-order chi connectivity index (χ0) is 12.5. The minimum absolute atomic E-state index is 0.452. The molecular formula is C14H14BrN3. The molecule has 2 atom stereocenters. The maximum Gasteiger partial charge on any atom is 0.123 e. The van der Waals surface area contributed by atoms with Gasteiger partial charge in [0.2, 0.25) is 0 Å². The highest BCUT2D eigenvalue weighted by Gasteiger charge is 2.32. The Hall–Kier alpha value is -1.18. The second-order valence-corrected chi connectivity index (χ2v) is 5.65. The molecule has 4 heteroatoms. The number of nitrogens with one attached hydrogen (secondary N) is 1. The van der Waals surface area contributed by atoms with E-state index in [0.29, 0.717) is 16.2 Å². The van der Waals surface area contributed by atoms with Crippen molar-refractivity contribution in [3.63, 3.8) is 0 Å². The van der Waals surface area contributed by atoms with Gasteiger partial charge < -0.3 is 5.32 Å². The lowest BCUT2D eigenvalue weighted by Crippen LogP contribution is -2.39. The van der Waals surface area contributed by atoms with E-state index < -0.39 is 0 Å². The first-order valence-corrected chi connectivity index (χ1v) is 7.08. The van der Waals surface area contributed by atoms with E-state index in [0.717, 1.165) is 24.4 Å². The molecule has 3 rings (SSSR count). The van der Waals surface area contributed by atoms with E-state index in [1.54, 1.807) is 0 Å². The minimum Gasteiger partial charge on any atom is -0.310 e. The molecule has 1 fully saturated rings. The van der Waals surface area contributed by atoms with Crippen molar-refractivity contribution < 1.29 is 0 Å². The van der Waals surface area contributed by atoms with Crippen LogP contribution in [-0.2, 0) is 0 Å². The molecule has 0 aromatic carbocycles. The van der Waals surface area contributed by atoms with E-state index in [4.69, 9.17) is 5.26 Å². The molecule has 1 aliphatic heterocycles. The summed E-state index contributed by atoms with van der Waals surface area (Å²) in [6, 6.07) is 4.56. The predicted molar refractivity (Wildman–Crippen MR) is 73.8 cm³/mol. The van der Waals surface area contributed by atoms with Gasteiger partial charge >= 0.3 is 0 Å². The normalized spacial score (nSPS) is 26.3. The third-order valence-electron chi connectivity index (χ3n) is 3.86. The van der Waals surface area contributed by atoms with E-state index in [9.17, 15) is 0 Å². The average molecular weight is 304 g/mol. The van der Waals surface area contributed by atoms with Gasteiger partial charge in [-0.25, -0.2) is 4.98 Å². The highest BCUT2D eigenvalue weighted by Crippen LogP contribution is 2.37. The molecule has 1 aromatic heterocycles. The van der Waals surface area contributed by atoms with Crippen LogP contribution in [0.4, 0.5) is 0 Å². The van der Waals surface area contributed by atoms with Gasteiger partial charge in [0, 0.05) is 12.2 Å². The Labute approximate surface area is 115 Å². The van der Waals surface area contributed by atoms with Crippen LogP contribution >= 0.6 is 15.9 Å². The van der Waals surface area contributed by atoms with Gasteiger partial charge in [0.1, 0.15) is 10.7 Å². The number of nitrogens with zero attached hydrogens (tertiary/aromatic N) is 2. The van der Waals surface area contributed by atoms with E-state index >= 15 is 0 Å². The Bertz CT molecular complexity index is 544. The number of piperidine rings is 1. The number of nitriles is 1. The first kappa shape index (κ1) is 11.9. The summed E-state index contributed by atoms with van der Waals surface area (Å²) in [6.07, 6.45) is 7.87. The number of rotatable bonds is 1. The second kappa shape index (κ2) is 4.83. The van der Waals surface area contributed by atoms with Crippen molar-refractivity contribution in [1.82, 2.24) is 10.3 Å². The molecule has 2 aliphatic rings. The fraction of sp³-hybridized carbons (Fsp3) is 0.429. The van der Waals surface area contributed by atoms with Crippen LogP contribution in [0, 0.1) is 17.2 Å². The molecule has 1 N–H and O–H groups in total. The molecule has 1 aliphatic carbocycles. The summed E-state index contributed by atoms with van der Waals surface area (Å²) >= 11 is 3.30. The molecule has 0 amide bonds. The standard InChI is InChI=1S/C14H14BrN3/c15-14-10(7-16)6-11(8-18-14)12-4-3-9-2-1-5-17-13(9)12/h4,6,8-9,13,17H,1-3,5H2. The van der Waals surface area contributed by atoms with Gasteiger partial charge in [-0.3, -0.25) is 0 Å². The molecule has 18 heavy (non-hydrogen) atoms. The van der Waals surface area contributed by atoms with Gasteiger partial charge in [-0.2, -0.15) is 5.26 Å². The number of halogens is 1. The third kappa shape index (κ3) is 1.98. The molecule has 2 unspecified atom stereocenters. The van der Waals surface area contributed by atoms with Crippen LogP contribution < -0.4 is 5.32 Å². The monoisotopic (exact) mass is 303 g/mol. The quantitative estimate of drug-likeness (QED) is 0.812. The summed E-state index contributed by atoms with van der Waals surface area (Å²) in [4.78, 5) is 4.26. The van der Waals surface area contributed by atoms with Gasteiger partial charge in [-0.1, -0.05) is 6.08 Å². The first-order chi connectivity index (χ1) is 8.79. The lowest BCUT2D eigenvalue weighted by molar-refractivity contribution is 0.346. The summed E-state index contributed by atoms with van der Waals surface area (Å²) in [6.45, 7) is 1.09. The number of fused-ring (bicyclic) bond motifs is 1. The van der Waals surface area contributed by atoms with E-state index in [1.807, 2.05) is 12.3 Å². The van der Waals surface area contributed by atoms with Crippen molar-refractivity contribution in [1.29, 1.82) is 5.26 Å². The largest absolute Gasteiger partial charge is 0.310 e. The lowest BCUT2D eigenvalue weighted by Gasteiger charge is -2.29. The second-order valence-electron chi connectivity index (χ2n) is 4.90. The van der Waals surface area contributed by atoms with Crippen LogP contribution in [-0.4, -0.2) is 17.6 Å². The average Bonchev–Trinajstić information content (AvgIpc) is 2.83. The highest BCUT2D eigenvalue weighted by atomic mass is 79.9. The van der Waals surface area contributed by atoms with Crippen LogP contribution in [0.3, 0.4) is 0 Å². The molecule has 0 bridgehead atoms. The summed E-state index contributed by atoms with van der Waals surface area (Å²) in [7, 11) is 0. The zero-order valence-corrected chi connectivity index (χ0v) is 11.6. The molecule has 1 aromatic rings. The number of allylic oxidation sites excluding steroid dienone is 1. The Morgan fingerprint density at radius 1 is 1.50 bits per heavy atom. The third-order valence-corrected chi connectivity index (χ3v) is 4.49. The molecule has 0 radical (unpaired) electrons. The predicted octanol–water partition coefficient (Wildman–Crippen LogP) is 2.87. The van der Waals surface area contributed by atoms with Gasteiger partial charge in [0.15, 0.2) is 0 Å². The smallest absolute Gasteiger partial charge is 0.123 e. The molecule has 0 spiro atoms. The fourth-order valence-electron chi connectivity index (χ4n) is 2.96. The van der Waals surface area contributed by atoms with E-state index in [-0.39, 0.29) is 0 Å². The number of hydrogen-bond acceptors (Lipinski definition) is 3. The maximum atomic E-state index is 9.06. The molecule has 2 heterocycles. The first-order valence-electron chi connectivity index (χ1n) is 6.29. The van der Waals surface area contributed by atoms with Gasteiger partial charge in [-0.05, 0) is 64.9 Å². The summed E-state index contributed by atoms with van der Waals surface area (Å²) in [5, 5.41) is 12.7. The minimum atomic E-state index is 0.452. The van der Waals surface area contributed by atoms with Crippen LogP contribution in [0.1, 0.15) is 30.4 Å². The van der Waals surface area contributed by atoms with Crippen LogP contribution in [0.5, 0.6) is 0 Å². The van der Waals surface area contributed by atoms with Gasteiger partial charge in [0.05, 0.1) is 5.56 Å². The number of aromatic nitrogens is 1. The summed E-state index contributed by atoms with van der Waals surface area (Å²) in [5.41, 5.74) is 3.00. The van der Waals surface area contributed by atoms with Crippen LogP contribution in [0.25, 0.3) is 5.57 Å². The molecule has 0 saturated carbocycles. The Morgan fingerprint density at radius 3 is 3.22 bits per heavy atom. The van der Waals surface area contributed by atoms with Gasteiger partial charge in [-0.15, -0.1) is 0 Å². The highest BCUT2D eigenvalue weighted by molar-refractivity contribution is 9.10. The van der Waals surface area contributed by atoms with Crippen LogP contribution in [0.2, 0.25) is 0 Å². The summed E-state index contributed by atoms with van der Waals surface area (Å²) in [5.74, 6) is 0.725. The molecular weight excluding hydrogens is 290 g/mol. The molecule has 92 valence electrons. The van der Waals surface area contributed by atoms with Crippen molar-refractivity contribution in [2.45, 2.75) is 25.3 Å². The van der Waals surface area contributed by atoms with Crippen molar-refractivity contribution in [3.8, 4) is 6.07 Å². The lowest BCUT2D eigenvalue weighted by atomic mass is 9.88. The maximum absolute atomic E-state index is 9.06. The van der Waals surface area contributed by atoms with E-state index in [1.165, 1.54) is 18.4 Å². The number of pyridine rings is 1. The van der Waals surface area contributed by atoms with Crippen molar-refractivity contribution in [2.75, 3.05) is 6.54 Å². The fourth-order valence-corrected chi connectivity index (χ4v) is 3.27. The zero-order valence-electron chi connectivity index (χ0n) is 9.99. The summed E-state index contributed by atoms with van der Waals surface area (Å²) < 4.78 is 0.625. The SMILES string of the molecule is N#Cc1cc(C2=CCC3CCCNC23)cnc1Br. The molecule has 1 saturated heterocycles. The number of hydrogen-bond donors (Lipinski definition) is 1. The Morgan fingerprint density at radius 2 is 2.39 bits per heavy atom. The van der Waals surface area contributed by atoms with Crippen LogP contribution in [0.15, 0.2) is 22.9 Å².